The van der Waals surface area contributed by atoms with Crippen molar-refractivity contribution in [3.63, 3.8) is 0 Å². The number of hydrogen-bond donors (Lipinski definition) is 2. The zero-order valence-corrected chi connectivity index (χ0v) is 21.2. The Bertz CT molecular complexity index is 1100. The lowest BCUT2D eigenvalue weighted by Crippen LogP contribution is -2.04. The number of thiophene rings is 1. The highest BCUT2D eigenvalue weighted by atomic mass is 32.2. The number of rotatable bonds is 12. The zero-order valence-electron chi connectivity index (χ0n) is 19.5. The highest BCUT2D eigenvalue weighted by Gasteiger charge is 2.19. The number of nitrogens with two attached hydrogens (primary N) is 1. The van der Waals surface area contributed by atoms with Crippen molar-refractivity contribution in [3.05, 3.63) is 86.6 Å². The van der Waals surface area contributed by atoms with Gasteiger partial charge in [0.2, 0.25) is 0 Å². The molecule has 7 heteroatoms. The van der Waals surface area contributed by atoms with Gasteiger partial charge in [-0.05, 0) is 67.9 Å². The summed E-state index contributed by atoms with van der Waals surface area (Å²) in [5.41, 5.74) is 10.5. The van der Waals surface area contributed by atoms with Gasteiger partial charge in [-0.25, -0.2) is 8.42 Å². The molecule has 0 amide bonds. The lowest BCUT2D eigenvalue weighted by atomic mass is 9.94. The first kappa shape index (κ1) is 25.4. The van der Waals surface area contributed by atoms with Gasteiger partial charge in [-0.2, -0.15) is 0 Å². The minimum Gasteiger partial charge on any atom is -0.489 e. The molecule has 2 unspecified atom stereocenters. The normalized spacial score (nSPS) is 13.2. The summed E-state index contributed by atoms with van der Waals surface area (Å²) in [5.74, 6) is 1.24. The summed E-state index contributed by atoms with van der Waals surface area (Å²) < 4.78 is 32.9. The summed E-state index contributed by atoms with van der Waals surface area (Å²) in [6, 6.07) is 18.6. The van der Waals surface area contributed by atoms with Crippen LogP contribution in [0.1, 0.15) is 70.7 Å². The van der Waals surface area contributed by atoms with E-state index in [-0.39, 0.29) is 0 Å². The topological polar surface area (TPSA) is 78.6 Å². The van der Waals surface area contributed by atoms with Gasteiger partial charge >= 0.3 is 0 Å². The molecule has 0 fully saturated rings. The quantitative estimate of drug-likeness (QED) is 0.315. The fourth-order valence-electron chi connectivity index (χ4n) is 4.02. The van der Waals surface area contributed by atoms with Gasteiger partial charge in [0.05, 0.1) is 0 Å². The standard InChI is InChI=1S/C26H33NO4S2/c1-4-22(25-14-18(2)26(32-25)19(3)31-33(28)29)12-10-20-11-13-24(23(15-20)16-27)30-17-21-8-6-5-7-9-21/h5-9,11,13-15,19,22,33H,4,10,12,16-17,27H2,1-3H3. The number of benzene rings is 2. The van der Waals surface area contributed by atoms with E-state index >= 15 is 0 Å². The van der Waals surface area contributed by atoms with Crippen molar-refractivity contribution in [1.29, 1.82) is 0 Å². The van der Waals surface area contributed by atoms with E-state index in [4.69, 9.17) is 14.7 Å². The molecule has 0 aliphatic heterocycles. The maximum Gasteiger partial charge on any atom is 0.257 e. The van der Waals surface area contributed by atoms with Gasteiger partial charge in [-0.3, -0.25) is 4.18 Å². The molecule has 0 saturated heterocycles. The first-order valence-corrected chi connectivity index (χ1v) is 13.2. The van der Waals surface area contributed by atoms with Gasteiger partial charge in [-0.1, -0.05) is 49.4 Å². The van der Waals surface area contributed by atoms with E-state index in [0.717, 1.165) is 46.6 Å². The molecule has 5 nitrogen and oxygen atoms in total. The van der Waals surface area contributed by atoms with Crippen molar-refractivity contribution < 1.29 is 17.3 Å². The molecule has 2 aromatic carbocycles. The molecule has 0 bridgehead atoms. The van der Waals surface area contributed by atoms with Gasteiger partial charge in [0.15, 0.2) is 0 Å². The monoisotopic (exact) mass is 487 g/mol. The molecular formula is C26H33NO4S2. The van der Waals surface area contributed by atoms with E-state index in [1.54, 1.807) is 18.3 Å². The Morgan fingerprint density at radius 1 is 1.06 bits per heavy atom. The summed E-state index contributed by atoms with van der Waals surface area (Å²) in [6.07, 6.45) is 2.52. The second-order valence-electron chi connectivity index (χ2n) is 8.23. The molecule has 2 atom stereocenters. The van der Waals surface area contributed by atoms with E-state index in [1.807, 2.05) is 43.3 Å². The number of thiol groups is 1. The van der Waals surface area contributed by atoms with Crippen molar-refractivity contribution in [2.45, 2.75) is 65.2 Å². The first-order valence-electron chi connectivity index (χ1n) is 11.3. The molecule has 0 saturated carbocycles. The van der Waals surface area contributed by atoms with Crippen LogP contribution in [0.4, 0.5) is 0 Å². The average molecular weight is 488 g/mol. The van der Waals surface area contributed by atoms with Crippen molar-refractivity contribution in [1.82, 2.24) is 0 Å². The molecule has 2 N–H and O–H groups in total. The van der Waals surface area contributed by atoms with Crippen LogP contribution in [0.3, 0.4) is 0 Å². The van der Waals surface area contributed by atoms with E-state index in [0.29, 0.717) is 19.1 Å². The maximum absolute atomic E-state index is 10.9. The minimum atomic E-state index is -2.86. The Balaban J connectivity index is 1.65. The maximum atomic E-state index is 10.9. The van der Waals surface area contributed by atoms with Crippen LogP contribution in [0, 0.1) is 6.92 Å². The zero-order chi connectivity index (χ0) is 23.8. The van der Waals surface area contributed by atoms with Gasteiger partial charge < -0.3 is 10.5 Å². The highest BCUT2D eigenvalue weighted by Crippen LogP contribution is 2.37. The molecule has 3 aromatic rings. The van der Waals surface area contributed by atoms with Crippen LogP contribution < -0.4 is 10.5 Å². The fraction of sp³-hybridized carbons (Fsp3) is 0.385. The molecule has 3 rings (SSSR count). The first-order chi connectivity index (χ1) is 15.9. The van der Waals surface area contributed by atoms with Gasteiger partial charge in [-0.15, -0.1) is 11.3 Å². The van der Waals surface area contributed by atoms with Gasteiger partial charge in [0, 0.05) is 21.9 Å². The van der Waals surface area contributed by atoms with Crippen LogP contribution in [0.5, 0.6) is 5.75 Å². The van der Waals surface area contributed by atoms with Crippen LogP contribution >= 0.6 is 11.3 Å². The molecule has 0 radical (unpaired) electrons. The van der Waals surface area contributed by atoms with Gasteiger partial charge in [0.25, 0.3) is 11.0 Å². The Hall–Kier alpha value is -2.19. The minimum absolute atomic E-state index is 0.408. The average Bonchev–Trinajstić information content (AvgIpc) is 3.20. The summed E-state index contributed by atoms with van der Waals surface area (Å²) in [7, 11) is -2.86. The van der Waals surface area contributed by atoms with E-state index in [1.165, 1.54) is 10.4 Å². The fourth-order valence-corrected chi connectivity index (χ4v) is 5.83. The Morgan fingerprint density at radius 2 is 1.82 bits per heavy atom. The smallest absolute Gasteiger partial charge is 0.257 e. The van der Waals surface area contributed by atoms with Crippen LogP contribution in [0.25, 0.3) is 0 Å². The van der Waals surface area contributed by atoms with Crippen molar-refractivity contribution in [3.8, 4) is 5.75 Å². The van der Waals surface area contributed by atoms with E-state index in [9.17, 15) is 8.42 Å². The highest BCUT2D eigenvalue weighted by molar-refractivity contribution is 7.67. The number of ether oxygens (including phenoxy) is 1. The third-order valence-corrected chi connectivity index (χ3v) is 7.90. The van der Waals surface area contributed by atoms with E-state index in [2.05, 4.69) is 25.1 Å². The van der Waals surface area contributed by atoms with Crippen LogP contribution in [0.2, 0.25) is 0 Å². The lowest BCUT2D eigenvalue weighted by Gasteiger charge is -2.15. The number of hydrogen-bond acceptors (Lipinski definition) is 6. The molecule has 1 heterocycles. The molecular weight excluding hydrogens is 454 g/mol. The third-order valence-electron chi connectivity index (χ3n) is 5.85. The summed E-state index contributed by atoms with van der Waals surface area (Å²) >= 11 is 1.66. The Kier molecular flexibility index (Phi) is 9.50. The molecule has 0 aliphatic rings. The SMILES string of the molecule is CCC(CCc1ccc(OCc2ccccc2)c(CN)c1)c1cc(C)c(C(C)O[SH](=O)=O)s1. The van der Waals surface area contributed by atoms with Crippen molar-refractivity contribution >= 4 is 22.3 Å². The predicted octanol–water partition coefficient (Wildman–Crippen LogP) is 5.82. The second kappa shape index (κ2) is 12.3. The largest absolute Gasteiger partial charge is 0.489 e. The van der Waals surface area contributed by atoms with Crippen molar-refractivity contribution in [2.24, 2.45) is 5.73 Å². The van der Waals surface area contributed by atoms with E-state index < -0.39 is 17.1 Å². The number of aryl methyl sites for hydroxylation is 2. The van der Waals surface area contributed by atoms with Crippen LogP contribution in [-0.4, -0.2) is 8.42 Å². The molecule has 0 aliphatic carbocycles. The second-order valence-corrected chi connectivity index (χ2v) is 10.0. The lowest BCUT2D eigenvalue weighted by molar-refractivity contribution is 0.249. The summed E-state index contributed by atoms with van der Waals surface area (Å²) in [4.78, 5) is 2.26. The Labute approximate surface area is 202 Å². The summed E-state index contributed by atoms with van der Waals surface area (Å²) in [6.45, 7) is 6.95. The van der Waals surface area contributed by atoms with Crippen LogP contribution in [0.15, 0.2) is 54.6 Å². The molecule has 33 heavy (non-hydrogen) atoms. The molecule has 0 spiro atoms. The third kappa shape index (κ3) is 7.14. The van der Waals surface area contributed by atoms with Gasteiger partial charge in [0.1, 0.15) is 18.5 Å². The predicted molar refractivity (Wildman–Crippen MR) is 135 cm³/mol. The molecule has 178 valence electrons. The van der Waals surface area contributed by atoms with Crippen LogP contribution in [-0.2, 0) is 34.7 Å². The van der Waals surface area contributed by atoms with Crippen molar-refractivity contribution in [2.75, 3.05) is 0 Å². The Morgan fingerprint density at radius 3 is 2.48 bits per heavy atom. The molecule has 1 aromatic heterocycles. The summed E-state index contributed by atoms with van der Waals surface area (Å²) in [5, 5.41) is 0.